The second kappa shape index (κ2) is 5.10. The number of aliphatic carboxylic acids is 1. The van der Waals surface area contributed by atoms with Gasteiger partial charge in [0.05, 0.1) is 5.75 Å². The van der Waals surface area contributed by atoms with Crippen molar-refractivity contribution in [3.63, 3.8) is 0 Å². The number of amides is 1. The highest BCUT2D eigenvalue weighted by Gasteiger charge is 2.39. The Morgan fingerprint density at radius 1 is 1.47 bits per heavy atom. The van der Waals surface area contributed by atoms with E-state index in [2.05, 4.69) is 0 Å². The minimum atomic E-state index is -4.98. The van der Waals surface area contributed by atoms with Gasteiger partial charge in [0, 0.05) is 6.92 Å². The van der Waals surface area contributed by atoms with Crippen molar-refractivity contribution >= 4 is 22.7 Å². The van der Waals surface area contributed by atoms with E-state index in [9.17, 15) is 27.0 Å². The van der Waals surface area contributed by atoms with E-state index in [-0.39, 0.29) is 0 Å². The Labute approximate surface area is 85.1 Å². The Balaban J connectivity index is 4.50. The Morgan fingerprint density at radius 3 is 2.20 bits per heavy atom. The number of hydrogen-bond acceptors (Lipinski definition) is 3. The summed E-state index contributed by atoms with van der Waals surface area (Å²) in [7, 11) is -3.30. The lowest BCUT2D eigenvalue weighted by Gasteiger charge is -2.13. The van der Waals surface area contributed by atoms with Crippen LogP contribution in [0.15, 0.2) is 0 Å². The zero-order valence-electron chi connectivity index (χ0n) is 7.50. The van der Waals surface area contributed by atoms with Crippen molar-refractivity contribution in [2.45, 2.75) is 18.5 Å². The second-order valence-electron chi connectivity index (χ2n) is 2.55. The van der Waals surface area contributed by atoms with E-state index in [0.717, 1.165) is 6.92 Å². The van der Waals surface area contributed by atoms with Crippen LogP contribution in [0.5, 0.6) is 0 Å². The molecule has 88 valence electrons. The SMILES string of the molecule is CC(=O)N[C@@H](CS(=O)C(F)(F)F)C(=O)O. The predicted octanol–water partition coefficient (Wildman–Crippen LogP) is -0.156. The number of rotatable bonds is 4. The highest BCUT2D eigenvalue weighted by molar-refractivity contribution is 7.85. The second-order valence-corrected chi connectivity index (χ2v) is 4.04. The average molecular weight is 247 g/mol. The molecule has 1 unspecified atom stereocenters. The molecule has 0 saturated heterocycles. The van der Waals surface area contributed by atoms with Crippen LogP contribution < -0.4 is 5.32 Å². The van der Waals surface area contributed by atoms with Crippen LogP contribution in [0.1, 0.15) is 6.92 Å². The lowest BCUT2D eigenvalue weighted by atomic mass is 10.3. The maximum absolute atomic E-state index is 11.8. The van der Waals surface area contributed by atoms with E-state index in [0.29, 0.717) is 0 Å². The first-order chi connectivity index (χ1) is 6.64. The van der Waals surface area contributed by atoms with Crippen molar-refractivity contribution in [3.8, 4) is 0 Å². The molecule has 0 bridgehead atoms. The van der Waals surface area contributed by atoms with Crippen LogP contribution in [0.3, 0.4) is 0 Å². The highest BCUT2D eigenvalue weighted by Crippen LogP contribution is 2.20. The third kappa shape index (κ3) is 5.35. The van der Waals surface area contributed by atoms with Gasteiger partial charge in [-0.1, -0.05) is 0 Å². The van der Waals surface area contributed by atoms with Crippen LogP contribution in [-0.4, -0.2) is 38.5 Å². The van der Waals surface area contributed by atoms with Gasteiger partial charge in [-0.3, -0.25) is 9.00 Å². The van der Waals surface area contributed by atoms with E-state index in [1.807, 2.05) is 0 Å². The van der Waals surface area contributed by atoms with E-state index in [1.165, 1.54) is 0 Å². The van der Waals surface area contributed by atoms with Gasteiger partial charge in [-0.05, 0) is 0 Å². The van der Waals surface area contributed by atoms with Crippen molar-refractivity contribution in [2.24, 2.45) is 0 Å². The number of carboxylic acids is 1. The van der Waals surface area contributed by atoms with Gasteiger partial charge in [-0.15, -0.1) is 0 Å². The normalized spacial score (nSPS) is 15.5. The molecular formula is C6H8F3NO4S. The van der Waals surface area contributed by atoms with Crippen LogP contribution in [0.2, 0.25) is 0 Å². The fourth-order valence-electron chi connectivity index (χ4n) is 0.666. The molecule has 0 radical (unpaired) electrons. The molecule has 0 aliphatic rings. The van der Waals surface area contributed by atoms with Crippen molar-refractivity contribution in [3.05, 3.63) is 0 Å². The molecule has 0 heterocycles. The van der Waals surface area contributed by atoms with Crippen LogP contribution in [0.25, 0.3) is 0 Å². The van der Waals surface area contributed by atoms with Crippen LogP contribution >= 0.6 is 0 Å². The average Bonchev–Trinajstić information content (AvgIpc) is 1.99. The predicted molar refractivity (Wildman–Crippen MR) is 44.3 cm³/mol. The van der Waals surface area contributed by atoms with Gasteiger partial charge < -0.3 is 10.4 Å². The van der Waals surface area contributed by atoms with E-state index in [1.54, 1.807) is 5.32 Å². The van der Waals surface area contributed by atoms with Crippen molar-refractivity contribution < 1.29 is 32.1 Å². The Hall–Kier alpha value is -1.12. The van der Waals surface area contributed by atoms with E-state index >= 15 is 0 Å². The number of carbonyl (C=O) groups is 2. The Morgan fingerprint density at radius 2 is 1.93 bits per heavy atom. The summed E-state index contributed by atoms with van der Waals surface area (Å²) in [4.78, 5) is 20.8. The van der Waals surface area contributed by atoms with Crippen LogP contribution in [0, 0.1) is 0 Å². The van der Waals surface area contributed by atoms with Gasteiger partial charge >= 0.3 is 11.5 Å². The molecule has 9 heteroatoms. The van der Waals surface area contributed by atoms with Crippen molar-refractivity contribution in [1.29, 1.82) is 0 Å². The zero-order valence-corrected chi connectivity index (χ0v) is 8.32. The van der Waals surface area contributed by atoms with Gasteiger partial charge in [0.15, 0.2) is 0 Å². The first-order valence-corrected chi connectivity index (χ1v) is 4.91. The summed E-state index contributed by atoms with van der Waals surface area (Å²) in [5, 5.41) is 10.2. The number of alkyl halides is 3. The van der Waals surface area contributed by atoms with Gasteiger partial charge in [0.1, 0.15) is 16.8 Å². The molecule has 0 saturated carbocycles. The van der Waals surface area contributed by atoms with Crippen LogP contribution in [-0.2, 0) is 20.4 Å². The molecule has 2 atom stereocenters. The van der Waals surface area contributed by atoms with E-state index in [4.69, 9.17) is 5.11 Å². The molecular weight excluding hydrogens is 239 g/mol. The van der Waals surface area contributed by atoms with Gasteiger partial charge in [0.25, 0.3) is 0 Å². The summed E-state index contributed by atoms with van der Waals surface area (Å²) in [5.74, 6) is -3.66. The van der Waals surface area contributed by atoms with Gasteiger partial charge in [-0.2, -0.15) is 13.2 Å². The quantitative estimate of drug-likeness (QED) is 0.723. The Kier molecular flexibility index (Phi) is 4.72. The first kappa shape index (κ1) is 13.9. The maximum Gasteiger partial charge on any atom is 0.471 e. The zero-order chi connectivity index (χ0) is 12.2. The highest BCUT2D eigenvalue weighted by atomic mass is 32.2. The number of nitrogens with one attached hydrogen (secondary N) is 1. The minimum Gasteiger partial charge on any atom is -0.480 e. The fourth-order valence-corrected chi connectivity index (χ4v) is 1.38. The Bertz CT molecular complexity index is 291. The summed E-state index contributed by atoms with van der Waals surface area (Å²) >= 11 is 0. The number of carbonyl (C=O) groups excluding carboxylic acids is 1. The molecule has 0 aromatic carbocycles. The number of hydrogen-bond donors (Lipinski definition) is 2. The van der Waals surface area contributed by atoms with Crippen LogP contribution in [0.4, 0.5) is 13.2 Å². The molecule has 0 aromatic rings. The maximum atomic E-state index is 11.8. The number of carboxylic acid groups (broad SMARTS) is 1. The fraction of sp³-hybridized carbons (Fsp3) is 0.667. The molecule has 1 amide bonds. The van der Waals surface area contributed by atoms with Crippen molar-refractivity contribution in [2.75, 3.05) is 5.75 Å². The lowest BCUT2D eigenvalue weighted by molar-refractivity contribution is -0.140. The number of halogens is 3. The summed E-state index contributed by atoms with van der Waals surface area (Å²) in [6.07, 6.45) is 0. The molecule has 0 aliphatic heterocycles. The molecule has 0 aromatic heterocycles. The third-order valence-corrected chi connectivity index (χ3v) is 2.40. The monoisotopic (exact) mass is 247 g/mol. The molecule has 0 fully saturated rings. The molecule has 0 rings (SSSR count). The van der Waals surface area contributed by atoms with Crippen molar-refractivity contribution in [1.82, 2.24) is 5.32 Å². The largest absolute Gasteiger partial charge is 0.480 e. The standard InChI is InChI=1S/C6H8F3NO4S/c1-3(11)10-4(5(12)13)2-15(14)6(7,8)9/h4H,2H2,1H3,(H,10,11)(H,12,13)/t4-,15?/m0/s1. The topological polar surface area (TPSA) is 83.5 Å². The molecule has 5 nitrogen and oxygen atoms in total. The van der Waals surface area contributed by atoms with E-state index < -0.39 is 40.0 Å². The summed E-state index contributed by atoms with van der Waals surface area (Å²) in [6.45, 7) is 0.951. The summed E-state index contributed by atoms with van der Waals surface area (Å²) in [6, 6.07) is -1.80. The lowest BCUT2D eigenvalue weighted by Crippen LogP contribution is -2.45. The first-order valence-electron chi connectivity index (χ1n) is 3.59. The molecule has 0 spiro atoms. The molecule has 2 N–H and O–H groups in total. The minimum absolute atomic E-state index is 0.804. The molecule has 0 aliphatic carbocycles. The smallest absolute Gasteiger partial charge is 0.471 e. The van der Waals surface area contributed by atoms with Gasteiger partial charge in [-0.25, -0.2) is 4.79 Å². The summed E-state index contributed by atoms with van der Waals surface area (Å²) in [5.41, 5.74) is -4.98. The third-order valence-electron chi connectivity index (χ3n) is 1.25. The molecule has 15 heavy (non-hydrogen) atoms. The summed E-state index contributed by atoms with van der Waals surface area (Å²) < 4.78 is 45.9. The van der Waals surface area contributed by atoms with Gasteiger partial charge in [0.2, 0.25) is 5.91 Å².